The Morgan fingerprint density at radius 3 is 2.30 bits per heavy atom. The fraction of sp³-hybridized carbons (Fsp3) is 1.00. The minimum Gasteiger partial charge on any atom is -0.162 e. The van der Waals surface area contributed by atoms with Crippen LogP contribution in [0.2, 0.25) is 0 Å². The molecule has 1 fully saturated rings. The van der Waals surface area contributed by atoms with Crippen LogP contribution in [0.3, 0.4) is 0 Å². The van der Waals surface area contributed by atoms with E-state index in [1.165, 1.54) is 24.3 Å². The third-order valence-electron chi connectivity index (χ3n) is 2.39. The number of thioether (sulfide) groups is 1. The zero-order chi connectivity index (χ0) is 7.61. The second kappa shape index (κ2) is 3.17. The number of hydrogen-bond donors (Lipinski definition) is 0. The van der Waals surface area contributed by atoms with Crippen molar-refractivity contribution in [3.8, 4) is 0 Å². The lowest BCUT2D eigenvalue weighted by molar-refractivity contribution is 0.247. The minimum atomic E-state index is 0.549. The molecule has 0 N–H and O–H groups in total. The molecule has 10 heavy (non-hydrogen) atoms. The summed E-state index contributed by atoms with van der Waals surface area (Å²) >= 11 is 2.13. The largest absolute Gasteiger partial charge is 0.162 e. The van der Waals surface area contributed by atoms with Crippen molar-refractivity contribution in [3.63, 3.8) is 0 Å². The Labute approximate surface area is 68.8 Å². The molecular weight excluding hydrogens is 140 g/mol. The lowest BCUT2D eigenvalue weighted by Crippen LogP contribution is -2.25. The summed E-state index contributed by atoms with van der Waals surface area (Å²) in [7, 11) is 0. The summed E-state index contributed by atoms with van der Waals surface area (Å²) in [6, 6.07) is 0. The maximum absolute atomic E-state index is 2.36. The average Bonchev–Trinajstić information content (AvgIpc) is 1.88. The van der Waals surface area contributed by atoms with Crippen LogP contribution in [0, 0.1) is 11.3 Å². The van der Waals surface area contributed by atoms with Gasteiger partial charge in [-0.2, -0.15) is 11.8 Å². The van der Waals surface area contributed by atoms with Crippen molar-refractivity contribution < 1.29 is 0 Å². The van der Waals surface area contributed by atoms with Crippen LogP contribution in [0.4, 0.5) is 0 Å². The molecule has 1 heterocycles. The number of rotatable bonds is 0. The van der Waals surface area contributed by atoms with Crippen molar-refractivity contribution in [2.24, 2.45) is 11.3 Å². The van der Waals surface area contributed by atoms with Crippen LogP contribution in [0.5, 0.6) is 0 Å². The van der Waals surface area contributed by atoms with Gasteiger partial charge in [-0.05, 0) is 35.7 Å². The van der Waals surface area contributed by atoms with Gasteiger partial charge in [0.1, 0.15) is 0 Å². The van der Waals surface area contributed by atoms with Gasteiger partial charge in [0.25, 0.3) is 0 Å². The van der Waals surface area contributed by atoms with Gasteiger partial charge in [0.2, 0.25) is 0 Å². The molecule has 0 amide bonds. The van der Waals surface area contributed by atoms with Gasteiger partial charge in [0, 0.05) is 0 Å². The SMILES string of the molecule is CC(C)(C)[C@H]1CCCSC1. The normalized spacial score (nSPS) is 28.5. The van der Waals surface area contributed by atoms with E-state index in [4.69, 9.17) is 0 Å². The quantitative estimate of drug-likeness (QED) is 0.522. The first kappa shape index (κ1) is 8.45. The molecule has 1 heteroatoms. The Hall–Kier alpha value is 0.350. The first-order valence-electron chi connectivity index (χ1n) is 4.18. The van der Waals surface area contributed by atoms with E-state index in [1.54, 1.807) is 0 Å². The molecule has 1 aliphatic heterocycles. The van der Waals surface area contributed by atoms with Crippen molar-refractivity contribution >= 4 is 11.8 Å². The second-order valence-electron chi connectivity index (χ2n) is 4.28. The molecule has 0 bridgehead atoms. The van der Waals surface area contributed by atoms with E-state index in [2.05, 4.69) is 32.5 Å². The predicted octanol–water partition coefficient (Wildman–Crippen LogP) is 3.18. The molecule has 0 aromatic heterocycles. The molecule has 0 unspecified atom stereocenters. The molecule has 0 nitrogen and oxygen atoms in total. The van der Waals surface area contributed by atoms with E-state index in [1.807, 2.05) is 0 Å². The van der Waals surface area contributed by atoms with E-state index in [9.17, 15) is 0 Å². The van der Waals surface area contributed by atoms with Crippen molar-refractivity contribution in [3.05, 3.63) is 0 Å². The molecule has 1 rings (SSSR count). The van der Waals surface area contributed by atoms with Crippen LogP contribution in [0.1, 0.15) is 33.6 Å². The Kier molecular flexibility index (Phi) is 2.67. The topological polar surface area (TPSA) is 0 Å². The summed E-state index contributed by atoms with van der Waals surface area (Å²) in [5.74, 6) is 3.75. The van der Waals surface area contributed by atoms with Crippen LogP contribution in [0.15, 0.2) is 0 Å². The number of hydrogen-bond acceptors (Lipinski definition) is 1. The molecule has 0 saturated carbocycles. The van der Waals surface area contributed by atoms with Crippen molar-refractivity contribution in [2.75, 3.05) is 11.5 Å². The third kappa shape index (κ3) is 2.19. The molecule has 0 aromatic rings. The Bertz CT molecular complexity index is 95.8. The second-order valence-corrected chi connectivity index (χ2v) is 5.43. The average molecular weight is 158 g/mol. The Balaban J connectivity index is 2.39. The van der Waals surface area contributed by atoms with E-state index < -0.39 is 0 Å². The van der Waals surface area contributed by atoms with Crippen LogP contribution < -0.4 is 0 Å². The summed E-state index contributed by atoms with van der Waals surface area (Å²) in [4.78, 5) is 0. The highest BCUT2D eigenvalue weighted by Gasteiger charge is 2.25. The lowest BCUT2D eigenvalue weighted by Gasteiger charge is -2.33. The summed E-state index contributed by atoms with van der Waals surface area (Å²) in [5, 5.41) is 0. The van der Waals surface area contributed by atoms with Crippen LogP contribution >= 0.6 is 11.8 Å². The first-order chi connectivity index (χ1) is 4.61. The maximum atomic E-state index is 2.36. The summed E-state index contributed by atoms with van der Waals surface area (Å²) in [6.07, 6.45) is 2.89. The van der Waals surface area contributed by atoms with Gasteiger partial charge in [-0.25, -0.2) is 0 Å². The van der Waals surface area contributed by atoms with Gasteiger partial charge in [-0.15, -0.1) is 0 Å². The van der Waals surface area contributed by atoms with Gasteiger partial charge in [0.05, 0.1) is 0 Å². The molecule has 0 aliphatic carbocycles. The fourth-order valence-corrected chi connectivity index (χ4v) is 2.91. The van der Waals surface area contributed by atoms with Gasteiger partial charge in [-0.3, -0.25) is 0 Å². The Morgan fingerprint density at radius 1 is 1.30 bits per heavy atom. The summed E-state index contributed by atoms with van der Waals surface area (Å²) in [5.41, 5.74) is 0.549. The van der Waals surface area contributed by atoms with Crippen molar-refractivity contribution in [2.45, 2.75) is 33.6 Å². The molecule has 1 atom stereocenters. The van der Waals surface area contributed by atoms with Gasteiger partial charge >= 0.3 is 0 Å². The standard InChI is InChI=1S/C9H18S/c1-9(2,3)8-5-4-6-10-7-8/h8H,4-7H2,1-3H3/t8-/m0/s1. The van der Waals surface area contributed by atoms with Crippen LogP contribution in [0.25, 0.3) is 0 Å². The molecule has 0 aromatic carbocycles. The first-order valence-corrected chi connectivity index (χ1v) is 5.34. The minimum absolute atomic E-state index is 0.549. The summed E-state index contributed by atoms with van der Waals surface area (Å²) in [6.45, 7) is 7.09. The highest BCUT2D eigenvalue weighted by molar-refractivity contribution is 7.99. The molecule has 0 spiro atoms. The van der Waals surface area contributed by atoms with E-state index >= 15 is 0 Å². The van der Waals surface area contributed by atoms with Gasteiger partial charge in [0.15, 0.2) is 0 Å². The summed E-state index contributed by atoms with van der Waals surface area (Å²) < 4.78 is 0. The highest BCUT2D eigenvalue weighted by atomic mass is 32.2. The lowest BCUT2D eigenvalue weighted by atomic mass is 9.79. The molecule has 0 radical (unpaired) electrons. The predicted molar refractivity (Wildman–Crippen MR) is 49.5 cm³/mol. The maximum Gasteiger partial charge on any atom is -0.00341 e. The van der Waals surface area contributed by atoms with Crippen molar-refractivity contribution in [1.29, 1.82) is 0 Å². The van der Waals surface area contributed by atoms with Crippen LogP contribution in [-0.2, 0) is 0 Å². The van der Waals surface area contributed by atoms with E-state index in [-0.39, 0.29) is 0 Å². The van der Waals surface area contributed by atoms with Gasteiger partial charge in [-0.1, -0.05) is 20.8 Å². The zero-order valence-electron chi connectivity index (χ0n) is 7.31. The molecule has 1 aliphatic rings. The molecule has 1 saturated heterocycles. The van der Waals surface area contributed by atoms with E-state index in [0.29, 0.717) is 5.41 Å². The molecule has 60 valence electrons. The monoisotopic (exact) mass is 158 g/mol. The van der Waals surface area contributed by atoms with Gasteiger partial charge < -0.3 is 0 Å². The smallest absolute Gasteiger partial charge is 0.00341 e. The van der Waals surface area contributed by atoms with Crippen LogP contribution in [-0.4, -0.2) is 11.5 Å². The zero-order valence-corrected chi connectivity index (χ0v) is 8.13. The Morgan fingerprint density at radius 2 is 2.00 bits per heavy atom. The van der Waals surface area contributed by atoms with E-state index in [0.717, 1.165) is 5.92 Å². The molecular formula is C9H18S. The van der Waals surface area contributed by atoms with Crippen molar-refractivity contribution in [1.82, 2.24) is 0 Å². The fourth-order valence-electron chi connectivity index (χ4n) is 1.42. The highest BCUT2D eigenvalue weighted by Crippen LogP contribution is 2.35. The third-order valence-corrected chi connectivity index (χ3v) is 3.60.